The fourth-order valence-corrected chi connectivity index (χ4v) is 2.68. The minimum absolute atomic E-state index is 0.154. The smallest absolute Gasteiger partial charge is 0.398 e. The Morgan fingerprint density at radius 1 is 0.952 bits per heavy atom. The SMILES string of the molecule is Nc1cc(C(F)(F)F)ccc1-c1ccc(C2CCC2)cc1. The van der Waals surface area contributed by atoms with Gasteiger partial charge in [-0.3, -0.25) is 0 Å². The molecule has 0 amide bonds. The highest BCUT2D eigenvalue weighted by molar-refractivity contribution is 5.77. The molecular formula is C17H16F3N. The molecule has 0 heterocycles. The molecule has 1 saturated carbocycles. The van der Waals surface area contributed by atoms with E-state index in [0.29, 0.717) is 11.5 Å². The van der Waals surface area contributed by atoms with Gasteiger partial charge in [-0.1, -0.05) is 36.8 Å². The van der Waals surface area contributed by atoms with E-state index >= 15 is 0 Å². The molecule has 1 aliphatic rings. The van der Waals surface area contributed by atoms with Gasteiger partial charge in [0.05, 0.1) is 5.56 Å². The molecule has 4 heteroatoms. The van der Waals surface area contributed by atoms with Crippen LogP contribution in [-0.2, 0) is 6.18 Å². The average molecular weight is 291 g/mol. The minimum Gasteiger partial charge on any atom is -0.398 e. The van der Waals surface area contributed by atoms with Crippen molar-refractivity contribution in [3.63, 3.8) is 0 Å². The third-order valence-corrected chi connectivity index (χ3v) is 4.18. The van der Waals surface area contributed by atoms with Crippen LogP contribution in [0.15, 0.2) is 42.5 Å². The molecule has 1 aliphatic carbocycles. The maximum absolute atomic E-state index is 12.6. The Hall–Kier alpha value is -1.97. The van der Waals surface area contributed by atoms with Crippen molar-refractivity contribution in [3.05, 3.63) is 53.6 Å². The normalized spacial score (nSPS) is 15.8. The molecule has 3 rings (SSSR count). The second-order valence-corrected chi connectivity index (χ2v) is 5.55. The molecule has 1 nitrogen and oxygen atoms in total. The molecule has 1 fully saturated rings. The number of hydrogen-bond acceptors (Lipinski definition) is 1. The zero-order valence-electron chi connectivity index (χ0n) is 11.5. The monoisotopic (exact) mass is 291 g/mol. The maximum Gasteiger partial charge on any atom is 0.416 e. The van der Waals surface area contributed by atoms with Crippen molar-refractivity contribution in [1.82, 2.24) is 0 Å². The van der Waals surface area contributed by atoms with Gasteiger partial charge >= 0.3 is 6.18 Å². The Kier molecular flexibility index (Phi) is 3.40. The number of halogens is 3. The zero-order chi connectivity index (χ0) is 15.0. The molecule has 0 spiro atoms. The molecule has 0 bridgehead atoms. The Morgan fingerprint density at radius 3 is 2.10 bits per heavy atom. The number of benzene rings is 2. The molecule has 2 aromatic carbocycles. The van der Waals surface area contributed by atoms with Crippen LogP contribution < -0.4 is 5.73 Å². The molecule has 21 heavy (non-hydrogen) atoms. The second kappa shape index (κ2) is 5.10. The van der Waals surface area contributed by atoms with Crippen molar-refractivity contribution >= 4 is 5.69 Å². The van der Waals surface area contributed by atoms with Gasteiger partial charge in [0.1, 0.15) is 0 Å². The van der Waals surface area contributed by atoms with Crippen LogP contribution in [0.3, 0.4) is 0 Å². The Bertz CT molecular complexity index is 640. The van der Waals surface area contributed by atoms with Crippen LogP contribution in [-0.4, -0.2) is 0 Å². The quantitative estimate of drug-likeness (QED) is 0.754. The van der Waals surface area contributed by atoms with Crippen LogP contribution in [0.1, 0.15) is 36.3 Å². The number of rotatable bonds is 2. The van der Waals surface area contributed by atoms with Gasteiger partial charge in [0, 0.05) is 11.3 Å². The Balaban J connectivity index is 1.89. The van der Waals surface area contributed by atoms with Gasteiger partial charge in [0.2, 0.25) is 0 Å². The van der Waals surface area contributed by atoms with E-state index in [0.717, 1.165) is 17.7 Å². The average Bonchev–Trinajstić information content (AvgIpc) is 2.37. The van der Waals surface area contributed by atoms with E-state index in [2.05, 4.69) is 12.1 Å². The summed E-state index contributed by atoms with van der Waals surface area (Å²) in [5.74, 6) is 0.643. The van der Waals surface area contributed by atoms with E-state index < -0.39 is 11.7 Å². The number of anilines is 1. The third kappa shape index (κ3) is 2.75. The fourth-order valence-electron chi connectivity index (χ4n) is 2.68. The van der Waals surface area contributed by atoms with E-state index in [-0.39, 0.29) is 5.69 Å². The molecule has 2 aromatic rings. The Labute approximate surface area is 121 Å². The minimum atomic E-state index is -4.36. The summed E-state index contributed by atoms with van der Waals surface area (Å²) in [6, 6.07) is 11.5. The van der Waals surface area contributed by atoms with Gasteiger partial charge in [-0.15, -0.1) is 0 Å². The summed E-state index contributed by atoms with van der Waals surface area (Å²) in [4.78, 5) is 0. The number of alkyl halides is 3. The molecule has 0 atom stereocenters. The topological polar surface area (TPSA) is 26.0 Å². The highest BCUT2D eigenvalue weighted by Crippen LogP contribution is 2.38. The number of nitrogens with two attached hydrogens (primary N) is 1. The van der Waals surface area contributed by atoms with Crippen molar-refractivity contribution in [2.75, 3.05) is 5.73 Å². The van der Waals surface area contributed by atoms with E-state index in [1.165, 1.54) is 30.9 Å². The van der Waals surface area contributed by atoms with E-state index in [9.17, 15) is 13.2 Å². The van der Waals surface area contributed by atoms with Crippen LogP contribution in [0.5, 0.6) is 0 Å². The standard InChI is InChI=1S/C17H16F3N/c18-17(19,20)14-8-9-15(16(21)10-14)13-6-4-12(5-7-13)11-2-1-3-11/h4-11H,1-3,21H2. The highest BCUT2D eigenvalue weighted by Gasteiger charge is 2.30. The van der Waals surface area contributed by atoms with E-state index in [4.69, 9.17) is 5.73 Å². The van der Waals surface area contributed by atoms with Gasteiger partial charge in [-0.25, -0.2) is 0 Å². The second-order valence-electron chi connectivity index (χ2n) is 5.55. The lowest BCUT2D eigenvalue weighted by Gasteiger charge is -2.25. The van der Waals surface area contributed by atoms with Crippen LogP contribution in [0.2, 0.25) is 0 Å². The molecule has 0 radical (unpaired) electrons. The lowest BCUT2D eigenvalue weighted by Crippen LogP contribution is -2.08. The van der Waals surface area contributed by atoms with Crippen molar-refractivity contribution in [3.8, 4) is 11.1 Å². The van der Waals surface area contributed by atoms with Gasteiger partial charge in [-0.2, -0.15) is 13.2 Å². The summed E-state index contributed by atoms with van der Waals surface area (Å²) >= 11 is 0. The lowest BCUT2D eigenvalue weighted by molar-refractivity contribution is -0.137. The van der Waals surface area contributed by atoms with E-state index in [1.54, 1.807) is 0 Å². The van der Waals surface area contributed by atoms with Crippen molar-refractivity contribution < 1.29 is 13.2 Å². The van der Waals surface area contributed by atoms with Gasteiger partial charge in [0.25, 0.3) is 0 Å². The molecule has 2 N–H and O–H groups in total. The molecule has 110 valence electrons. The summed E-state index contributed by atoms with van der Waals surface area (Å²) in [5, 5.41) is 0. The van der Waals surface area contributed by atoms with Crippen LogP contribution in [0, 0.1) is 0 Å². The first-order chi connectivity index (χ1) is 9.95. The van der Waals surface area contributed by atoms with Crippen molar-refractivity contribution in [2.24, 2.45) is 0 Å². The summed E-state index contributed by atoms with van der Waals surface area (Å²) in [5.41, 5.74) is 8.02. The van der Waals surface area contributed by atoms with Gasteiger partial charge in [-0.05, 0) is 42.0 Å². The summed E-state index contributed by atoms with van der Waals surface area (Å²) in [6.07, 6.45) is -0.636. The summed E-state index contributed by atoms with van der Waals surface area (Å²) in [7, 11) is 0. The largest absolute Gasteiger partial charge is 0.416 e. The summed E-state index contributed by atoms with van der Waals surface area (Å²) < 4.78 is 37.9. The Morgan fingerprint density at radius 2 is 1.62 bits per heavy atom. The molecule has 0 aromatic heterocycles. The fraction of sp³-hybridized carbons (Fsp3) is 0.294. The first-order valence-electron chi connectivity index (χ1n) is 7.02. The molecule has 0 unspecified atom stereocenters. The summed E-state index contributed by atoms with van der Waals surface area (Å²) in [6.45, 7) is 0. The van der Waals surface area contributed by atoms with Crippen LogP contribution >= 0.6 is 0 Å². The van der Waals surface area contributed by atoms with Gasteiger partial charge in [0.15, 0.2) is 0 Å². The van der Waals surface area contributed by atoms with Crippen molar-refractivity contribution in [2.45, 2.75) is 31.4 Å². The predicted octanol–water partition coefficient (Wildman–Crippen LogP) is 5.22. The van der Waals surface area contributed by atoms with E-state index in [1.807, 2.05) is 12.1 Å². The molecular weight excluding hydrogens is 275 g/mol. The number of hydrogen-bond donors (Lipinski definition) is 1. The molecule has 0 saturated heterocycles. The lowest BCUT2D eigenvalue weighted by atomic mass is 9.80. The maximum atomic E-state index is 12.6. The predicted molar refractivity (Wildman–Crippen MR) is 77.9 cm³/mol. The molecule has 0 aliphatic heterocycles. The first-order valence-corrected chi connectivity index (χ1v) is 7.02. The number of nitrogen functional groups attached to an aromatic ring is 1. The first kappa shape index (κ1) is 14.0. The van der Waals surface area contributed by atoms with Crippen LogP contribution in [0.4, 0.5) is 18.9 Å². The van der Waals surface area contributed by atoms with Crippen molar-refractivity contribution in [1.29, 1.82) is 0 Å². The third-order valence-electron chi connectivity index (χ3n) is 4.18. The van der Waals surface area contributed by atoms with Crippen LogP contribution in [0.25, 0.3) is 11.1 Å². The van der Waals surface area contributed by atoms with Gasteiger partial charge < -0.3 is 5.73 Å². The zero-order valence-corrected chi connectivity index (χ0v) is 11.5. The highest BCUT2D eigenvalue weighted by atomic mass is 19.4.